The highest BCUT2D eigenvalue weighted by Gasteiger charge is 2.22. The van der Waals surface area contributed by atoms with Crippen LogP contribution in [0.4, 0.5) is 0 Å². The van der Waals surface area contributed by atoms with Gasteiger partial charge >= 0.3 is 0 Å². The summed E-state index contributed by atoms with van der Waals surface area (Å²) in [4.78, 5) is 0. The van der Waals surface area contributed by atoms with E-state index in [4.69, 9.17) is 26.8 Å². The molecular formula is C13H18ClNO2. The van der Waals surface area contributed by atoms with Gasteiger partial charge in [-0.05, 0) is 37.5 Å². The third-order valence-corrected chi connectivity index (χ3v) is 3.27. The minimum absolute atomic E-state index is 0.190. The van der Waals surface area contributed by atoms with Crippen molar-refractivity contribution in [1.82, 2.24) is 0 Å². The highest BCUT2D eigenvalue weighted by Crippen LogP contribution is 2.27. The molecule has 0 amide bonds. The van der Waals surface area contributed by atoms with Crippen LogP contribution < -0.4 is 10.5 Å². The maximum absolute atomic E-state index is 6.10. The highest BCUT2D eigenvalue weighted by atomic mass is 35.5. The van der Waals surface area contributed by atoms with Crippen LogP contribution in [0.1, 0.15) is 25.3 Å². The highest BCUT2D eigenvalue weighted by molar-refractivity contribution is 6.32. The Bertz CT molecular complexity index is 384. The molecule has 1 heterocycles. The summed E-state index contributed by atoms with van der Waals surface area (Å²) in [6, 6.07) is 5.64. The van der Waals surface area contributed by atoms with Crippen LogP contribution in [-0.4, -0.2) is 18.8 Å². The summed E-state index contributed by atoms with van der Waals surface area (Å²) in [6.07, 6.45) is 2.70. The molecule has 1 aliphatic rings. The number of rotatable bonds is 4. The van der Waals surface area contributed by atoms with E-state index in [1.165, 1.54) is 0 Å². The van der Waals surface area contributed by atoms with Crippen LogP contribution in [0.25, 0.3) is 0 Å². The number of benzene rings is 1. The van der Waals surface area contributed by atoms with Crippen LogP contribution in [0.2, 0.25) is 5.02 Å². The van der Waals surface area contributed by atoms with Gasteiger partial charge in [0.25, 0.3) is 0 Å². The smallest absolute Gasteiger partial charge is 0.138 e. The van der Waals surface area contributed by atoms with Crippen molar-refractivity contribution >= 4 is 11.6 Å². The number of hydrogen-bond acceptors (Lipinski definition) is 3. The average Bonchev–Trinajstić information content (AvgIpc) is 2.73. The normalized spacial score (nSPS) is 23.9. The molecule has 2 atom stereocenters. The van der Waals surface area contributed by atoms with Gasteiger partial charge in [-0.1, -0.05) is 17.7 Å². The topological polar surface area (TPSA) is 44.5 Å². The second-order valence-corrected chi connectivity index (χ2v) is 4.83. The summed E-state index contributed by atoms with van der Waals surface area (Å²) < 4.78 is 11.4. The molecule has 4 heteroatoms. The third kappa shape index (κ3) is 3.35. The largest absolute Gasteiger partial charge is 0.489 e. The molecule has 0 aromatic heterocycles. The van der Waals surface area contributed by atoms with E-state index in [9.17, 15) is 0 Å². The third-order valence-electron chi connectivity index (χ3n) is 2.98. The van der Waals surface area contributed by atoms with Crippen molar-refractivity contribution in [3.05, 3.63) is 28.8 Å². The molecule has 17 heavy (non-hydrogen) atoms. The van der Waals surface area contributed by atoms with Gasteiger partial charge < -0.3 is 15.2 Å². The molecule has 1 aromatic carbocycles. The van der Waals surface area contributed by atoms with E-state index in [1.54, 1.807) is 0 Å². The lowest BCUT2D eigenvalue weighted by atomic mass is 10.2. The Kier molecular flexibility index (Phi) is 4.26. The van der Waals surface area contributed by atoms with E-state index in [2.05, 4.69) is 6.92 Å². The Labute approximate surface area is 107 Å². The van der Waals surface area contributed by atoms with Gasteiger partial charge in [-0.15, -0.1) is 0 Å². The first-order valence-electron chi connectivity index (χ1n) is 5.96. The van der Waals surface area contributed by atoms with Crippen molar-refractivity contribution in [1.29, 1.82) is 0 Å². The van der Waals surface area contributed by atoms with Crippen molar-refractivity contribution in [3.63, 3.8) is 0 Å². The van der Waals surface area contributed by atoms with Gasteiger partial charge in [-0.2, -0.15) is 0 Å². The van der Waals surface area contributed by atoms with Crippen LogP contribution in [0.3, 0.4) is 0 Å². The maximum Gasteiger partial charge on any atom is 0.138 e. The molecule has 1 saturated heterocycles. The fourth-order valence-corrected chi connectivity index (χ4v) is 2.24. The minimum Gasteiger partial charge on any atom is -0.489 e. The van der Waals surface area contributed by atoms with E-state index in [1.807, 2.05) is 18.2 Å². The van der Waals surface area contributed by atoms with Gasteiger partial charge in [-0.3, -0.25) is 0 Å². The first-order valence-corrected chi connectivity index (χ1v) is 6.33. The standard InChI is InChI=1S/C13H18ClNO2/c1-9-2-4-11(17-9)8-16-13-5-3-10(7-15)6-12(13)14/h3,5-6,9,11H,2,4,7-8,15H2,1H3. The molecule has 3 nitrogen and oxygen atoms in total. The molecule has 2 N–H and O–H groups in total. The molecular weight excluding hydrogens is 238 g/mol. The van der Waals surface area contributed by atoms with E-state index < -0.39 is 0 Å². The summed E-state index contributed by atoms with van der Waals surface area (Å²) in [7, 11) is 0. The van der Waals surface area contributed by atoms with Crippen molar-refractivity contribution in [2.24, 2.45) is 5.73 Å². The van der Waals surface area contributed by atoms with Crippen LogP contribution in [0, 0.1) is 0 Å². The van der Waals surface area contributed by atoms with E-state index in [0.717, 1.165) is 18.4 Å². The fraction of sp³-hybridized carbons (Fsp3) is 0.538. The molecule has 1 fully saturated rings. The zero-order valence-electron chi connectivity index (χ0n) is 9.99. The SMILES string of the molecule is CC1CCC(COc2ccc(CN)cc2Cl)O1. The summed E-state index contributed by atoms with van der Waals surface area (Å²) in [5, 5.41) is 0.610. The van der Waals surface area contributed by atoms with Gasteiger partial charge in [0.2, 0.25) is 0 Å². The van der Waals surface area contributed by atoms with E-state index in [0.29, 0.717) is 30.0 Å². The van der Waals surface area contributed by atoms with Gasteiger partial charge in [-0.25, -0.2) is 0 Å². The lowest BCUT2D eigenvalue weighted by Gasteiger charge is -2.14. The first-order chi connectivity index (χ1) is 8.19. The van der Waals surface area contributed by atoms with Gasteiger partial charge in [0.1, 0.15) is 12.4 Å². The lowest BCUT2D eigenvalue weighted by molar-refractivity contribution is 0.0265. The summed E-state index contributed by atoms with van der Waals surface area (Å²) in [5.74, 6) is 0.701. The molecule has 1 aliphatic heterocycles. The predicted octanol–water partition coefficient (Wildman–Crippen LogP) is 2.75. The summed E-state index contributed by atoms with van der Waals surface area (Å²) in [5.41, 5.74) is 6.55. The Morgan fingerprint density at radius 1 is 1.47 bits per heavy atom. The van der Waals surface area contributed by atoms with Crippen LogP contribution >= 0.6 is 11.6 Å². The minimum atomic E-state index is 0.190. The summed E-state index contributed by atoms with van der Waals surface area (Å²) >= 11 is 6.10. The maximum atomic E-state index is 6.10. The van der Waals surface area contributed by atoms with E-state index in [-0.39, 0.29) is 6.10 Å². The molecule has 2 unspecified atom stereocenters. The average molecular weight is 256 g/mol. The van der Waals surface area contributed by atoms with Crippen LogP contribution in [-0.2, 0) is 11.3 Å². The van der Waals surface area contributed by atoms with Crippen molar-refractivity contribution < 1.29 is 9.47 Å². The Balaban J connectivity index is 1.90. The number of nitrogens with two attached hydrogens (primary N) is 1. The summed E-state index contributed by atoms with van der Waals surface area (Å²) in [6.45, 7) is 3.14. The second-order valence-electron chi connectivity index (χ2n) is 4.43. The fourth-order valence-electron chi connectivity index (χ4n) is 1.98. The molecule has 0 spiro atoms. The lowest BCUT2D eigenvalue weighted by Crippen LogP contribution is -2.18. The monoisotopic (exact) mass is 255 g/mol. The van der Waals surface area contributed by atoms with E-state index >= 15 is 0 Å². The van der Waals surface area contributed by atoms with Crippen molar-refractivity contribution in [3.8, 4) is 5.75 Å². The van der Waals surface area contributed by atoms with Gasteiger partial charge in [0.15, 0.2) is 0 Å². The molecule has 1 aromatic rings. The van der Waals surface area contributed by atoms with Crippen LogP contribution in [0.15, 0.2) is 18.2 Å². The molecule has 0 saturated carbocycles. The molecule has 2 rings (SSSR count). The van der Waals surface area contributed by atoms with Gasteiger partial charge in [0, 0.05) is 6.54 Å². The second kappa shape index (κ2) is 5.71. The number of hydrogen-bond donors (Lipinski definition) is 1. The number of halogens is 1. The predicted molar refractivity (Wildman–Crippen MR) is 68.4 cm³/mol. The van der Waals surface area contributed by atoms with Crippen LogP contribution in [0.5, 0.6) is 5.75 Å². The Morgan fingerprint density at radius 2 is 2.29 bits per heavy atom. The zero-order valence-corrected chi connectivity index (χ0v) is 10.7. The molecule has 0 bridgehead atoms. The Morgan fingerprint density at radius 3 is 2.88 bits per heavy atom. The molecule has 0 radical (unpaired) electrons. The van der Waals surface area contributed by atoms with Crippen molar-refractivity contribution in [2.75, 3.05) is 6.61 Å². The quantitative estimate of drug-likeness (QED) is 0.900. The van der Waals surface area contributed by atoms with Crippen molar-refractivity contribution in [2.45, 2.75) is 38.5 Å². The number of ether oxygens (including phenoxy) is 2. The van der Waals surface area contributed by atoms with Gasteiger partial charge in [0.05, 0.1) is 17.2 Å². The first kappa shape index (κ1) is 12.7. The molecule has 0 aliphatic carbocycles. The Hall–Kier alpha value is -0.770. The zero-order chi connectivity index (χ0) is 12.3. The molecule has 94 valence electrons.